The SMILES string of the molecule is CC(C)(C)OC(=O)Nc1nc(C(=NOC(C)(C)C(=O)OC(C)(C)C)C(=O)N[C@@H]2C(=O)N3C(C(=O)O)=C(CCl)CS[C@H]23)cs1. The summed E-state index contributed by atoms with van der Waals surface area (Å²) in [5.41, 5.74) is -3.48. The van der Waals surface area contributed by atoms with Crippen LogP contribution < -0.4 is 10.6 Å². The fourth-order valence-corrected chi connectivity index (χ4v) is 5.99. The largest absolute Gasteiger partial charge is 0.477 e. The third kappa shape index (κ3) is 8.38. The van der Waals surface area contributed by atoms with Gasteiger partial charge in [0.2, 0.25) is 5.60 Å². The van der Waals surface area contributed by atoms with E-state index in [-0.39, 0.29) is 28.2 Å². The van der Waals surface area contributed by atoms with Gasteiger partial charge in [-0.2, -0.15) is 0 Å². The van der Waals surface area contributed by atoms with Gasteiger partial charge in [-0.25, -0.2) is 19.4 Å². The monoisotopic (exact) mass is 659 g/mol. The summed E-state index contributed by atoms with van der Waals surface area (Å²) in [5, 5.41) is 19.4. The molecule has 236 valence electrons. The number of carboxylic acids is 1. The molecule has 2 atom stereocenters. The molecule has 43 heavy (non-hydrogen) atoms. The Hall–Kier alpha value is -3.37. The molecule has 0 bridgehead atoms. The smallest absolute Gasteiger partial charge is 0.413 e. The number of thioether (sulfide) groups is 1. The number of esters is 1. The first-order valence-electron chi connectivity index (χ1n) is 13.0. The van der Waals surface area contributed by atoms with Crippen LogP contribution in [-0.4, -0.2) is 90.4 Å². The number of aromatic nitrogens is 1. The third-order valence-corrected chi connectivity index (χ3v) is 7.94. The number of thiazole rings is 1. The number of aliphatic carboxylic acids is 1. The van der Waals surface area contributed by atoms with Gasteiger partial charge >= 0.3 is 18.0 Å². The molecule has 1 saturated heterocycles. The predicted octanol–water partition coefficient (Wildman–Crippen LogP) is 3.31. The molecule has 0 aliphatic carbocycles. The number of nitrogens with one attached hydrogen (secondary N) is 2. The van der Waals surface area contributed by atoms with Gasteiger partial charge in [-0.05, 0) is 61.0 Å². The maximum Gasteiger partial charge on any atom is 0.413 e. The van der Waals surface area contributed by atoms with Crippen LogP contribution in [0.4, 0.5) is 9.93 Å². The molecule has 0 unspecified atom stereocenters. The topological polar surface area (TPSA) is 186 Å². The standard InChI is InChI=1S/C26H34ClN5O9S2/c1-24(2,3)39-21(37)26(7,8)41-31-14(13-11-43-22(28-13)30-23(38)40-25(4,5)6)17(33)29-15-18(34)32-16(20(35)36)12(9-27)10-42-19(15)32/h11,15,19H,9-10H2,1-8H3,(H,29,33)(H,35,36)(H,28,30,38)/t15-,19-/m1/s1. The summed E-state index contributed by atoms with van der Waals surface area (Å²) in [4.78, 5) is 74.1. The molecule has 0 spiro atoms. The summed E-state index contributed by atoms with van der Waals surface area (Å²) in [6.07, 6.45) is -0.772. The van der Waals surface area contributed by atoms with Gasteiger partial charge in [0, 0.05) is 17.0 Å². The van der Waals surface area contributed by atoms with E-state index in [2.05, 4.69) is 20.8 Å². The van der Waals surface area contributed by atoms with Crippen molar-refractivity contribution in [2.75, 3.05) is 16.9 Å². The van der Waals surface area contributed by atoms with Crippen LogP contribution in [0, 0.1) is 0 Å². The number of nitrogens with zero attached hydrogens (tertiary/aromatic N) is 3. The minimum atomic E-state index is -1.63. The summed E-state index contributed by atoms with van der Waals surface area (Å²) in [6, 6.07) is -1.09. The zero-order valence-corrected chi connectivity index (χ0v) is 27.3. The first kappa shape index (κ1) is 34.1. The van der Waals surface area contributed by atoms with E-state index >= 15 is 0 Å². The maximum absolute atomic E-state index is 13.5. The van der Waals surface area contributed by atoms with Crippen molar-refractivity contribution in [3.8, 4) is 0 Å². The molecular weight excluding hydrogens is 626 g/mol. The van der Waals surface area contributed by atoms with Gasteiger partial charge in [0.05, 0.1) is 0 Å². The summed E-state index contributed by atoms with van der Waals surface area (Å²) in [6.45, 7) is 12.9. The fraction of sp³-hybridized carbons (Fsp3) is 0.577. The molecule has 2 aliphatic rings. The molecule has 1 aromatic rings. The number of hydrogen-bond donors (Lipinski definition) is 3. The van der Waals surface area contributed by atoms with Crippen molar-refractivity contribution >= 4 is 75.4 Å². The van der Waals surface area contributed by atoms with E-state index in [0.717, 1.165) is 16.2 Å². The van der Waals surface area contributed by atoms with Crippen molar-refractivity contribution in [2.45, 2.75) is 83.6 Å². The van der Waals surface area contributed by atoms with Crippen molar-refractivity contribution in [1.29, 1.82) is 0 Å². The fourth-order valence-electron chi connectivity index (χ4n) is 3.63. The van der Waals surface area contributed by atoms with E-state index in [1.54, 1.807) is 41.5 Å². The number of hydrogen-bond acceptors (Lipinski definition) is 12. The van der Waals surface area contributed by atoms with E-state index in [1.165, 1.54) is 31.0 Å². The Bertz CT molecular complexity index is 1380. The average molecular weight is 660 g/mol. The van der Waals surface area contributed by atoms with Gasteiger partial charge in [-0.3, -0.25) is 19.8 Å². The van der Waals surface area contributed by atoms with Crippen LogP contribution in [0.15, 0.2) is 21.8 Å². The summed E-state index contributed by atoms with van der Waals surface area (Å²) >= 11 is 8.10. The van der Waals surface area contributed by atoms with Gasteiger partial charge < -0.3 is 24.7 Å². The van der Waals surface area contributed by atoms with Crippen molar-refractivity contribution < 1.29 is 43.4 Å². The van der Waals surface area contributed by atoms with Crippen LogP contribution in [0.2, 0.25) is 0 Å². The highest BCUT2D eigenvalue weighted by molar-refractivity contribution is 8.00. The molecule has 17 heteroatoms. The zero-order valence-electron chi connectivity index (χ0n) is 24.9. The lowest BCUT2D eigenvalue weighted by molar-refractivity contribution is -0.179. The molecule has 3 heterocycles. The molecule has 14 nitrogen and oxygen atoms in total. The summed E-state index contributed by atoms with van der Waals surface area (Å²) in [7, 11) is 0. The zero-order chi connectivity index (χ0) is 32.5. The van der Waals surface area contributed by atoms with Gasteiger partial charge in [-0.15, -0.1) is 34.7 Å². The average Bonchev–Trinajstić information content (AvgIpc) is 3.31. The Labute approximate surface area is 261 Å². The van der Waals surface area contributed by atoms with Crippen LogP contribution in [0.5, 0.6) is 0 Å². The Balaban J connectivity index is 1.88. The van der Waals surface area contributed by atoms with E-state index in [0.29, 0.717) is 5.57 Å². The number of β-lactam (4-membered cyclic amide) rings is 1. The highest BCUT2D eigenvalue weighted by Gasteiger charge is 2.54. The van der Waals surface area contributed by atoms with Crippen molar-refractivity contribution in [3.05, 3.63) is 22.3 Å². The first-order chi connectivity index (χ1) is 19.7. The third-order valence-electron chi connectivity index (χ3n) is 5.52. The van der Waals surface area contributed by atoms with E-state index in [4.69, 9.17) is 25.9 Å². The second-order valence-electron chi connectivity index (χ2n) is 12.0. The van der Waals surface area contributed by atoms with Gasteiger partial charge in [-0.1, -0.05) is 5.16 Å². The minimum absolute atomic E-state index is 0.0379. The van der Waals surface area contributed by atoms with Crippen LogP contribution >= 0.6 is 34.7 Å². The van der Waals surface area contributed by atoms with Crippen molar-refractivity contribution in [2.24, 2.45) is 5.16 Å². The molecule has 3 amide bonds. The Morgan fingerprint density at radius 3 is 2.30 bits per heavy atom. The molecule has 3 N–H and O–H groups in total. The van der Waals surface area contributed by atoms with Crippen LogP contribution in [0.1, 0.15) is 61.1 Å². The summed E-state index contributed by atoms with van der Waals surface area (Å²) < 4.78 is 10.6. The van der Waals surface area contributed by atoms with Crippen LogP contribution in [0.25, 0.3) is 0 Å². The number of halogens is 1. The van der Waals surface area contributed by atoms with Gasteiger partial charge in [0.25, 0.3) is 11.8 Å². The van der Waals surface area contributed by atoms with Crippen molar-refractivity contribution in [1.82, 2.24) is 15.2 Å². The Morgan fingerprint density at radius 1 is 1.12 bits per heavy atom. The molecule has 2 aliphatic heterocycles. The molecule has 1 fully saturated rings. The molecule has 1 aromatic heterocycles. The Morgan fingerprint density at radius 2 is 1.74 bits per heavy atom. The quantitative estimate of drug-likeness (QED) is 0.116. The Kier molecular flexibility index (Phi) is 10.1. The van der Waals surface area contributed by atoms with Crippen molar-refractivity contribution in [3.63, 3.8) is 0 Å². The highest BCUT2D eigenvalue weighted by atomic mass is 35.5. The molecule has 0 saturated carbocycles. The minimum Gasteiger partial charge on any atom is -0.477 e. The lowest BCUT2D eigenvalue weighted by atomic mass is 10.0. The second-order valence-corrected chi connectivity index (χ2v) is 14.2. The summed E-state index contributed by atoms with van der Waals surface area (Å²) in [5.74, 6) is -3.40. The lowest BCUT2D eigenvalue weighted by Crippen LogP contribution is -2.71. The molecule has 3 rings (SSSR count). The number of anilines is 1. The number of amides is 3. The number of oxime groups is 1. The van der Waals surface area contributed by atoms with E-state index in [1.807, 2.05) is 0 Å². The first-order valence-corrected chi connectivity index (χ1v) is 15.4. The number of alkyl halides is 1. The molecule has 0 radical (unpaired) electrons. The number of ether oxygens (including phenoxy) is 2. The molecular formula is C26H34ClN5O9S2. The van der Waals surface area contributed by atoms with E-state index in [9.17, 15) is 29.1 Å². The number of carbonyl (C=O) groups is 5. The van der Waals surface area contributed by atoms with Gasteiger partial charge in [0.15, 0.2) is 10.8 Å². The lowest BCUT2D eigenvalue weighted by Gasteiger charge is -2.49. The maximum atomic E-state index is 13.5. The predicted molar refractivity (Wildman–Crippen MR) is 160 cm³/mol. The second kappa shape index (κ2) is 12.7. The number of carbonyl (C=O) groups excluding carboxylic acids is 4. The number of rotatable bonds is 9. The number of fused-ring (bicyclic) bond motifs is 1. The molecule has 0 aromatic carbocycles. The van der Waals surface area contributed by atoms with Crippen LogP contribution in [0.3, 0.4) is 0 Å². The number of carboxylic acid groups (broad SMARTS) is 1. The van der Waals surface area contributed by atoms with Gasteiger partial charge in [0.1, 0.15) is 34.0 Å². The van der Waals surface area contributed by atoms with Crippen LogP contribution in [-0.2, 0) is 33.5 Å². The normalized spacial score (nSPS) is 19.2. The highest BCUT2D eigenvalue weighted by Crippen LogP contribution is 2.40. The van der Waals surface area contributed by atoms with E-state index < -0.39 is 63.8 Å².